The highest BCUT2D eigenvalue weighted by atomic mass is 16.5. The van der Waals surface area contributed by atoms with Crippen LogP contribution in [0.5, 0.6) is 0 Å². The molecule has 33 heavy (non-hydrogen) atoms. The number of benzene rings is 2. The number of aliphatic carboxylic acids is 1. The fraction of sp³-hybridized carbons (Fsp3) is 0.346. The number of fused-ring (bicyclic) bond motifs is 3. The summed E-state index contributed by atoms with van der Waals surface area (Å²) in [4.78, 5) is 34.3. The van der Waals surface area contributed by atoms with Crippen LogP contribution in [0.25, 0.3) is 11.1 Å². The fourth-order valence-electron chi connectivity index (χ4n) is 3.98. The molecule has 0 saturated heterocycles. The number of carboxylic acid groups (broad SMARTS) is 1. The lowest BCUT2D eigenvalue weighted by atomic mass is 9.98. The van der Waals surface area contributed by atoms with Gasteiger partial charge in [-0.3, -0.25) is 9.59 Å². The van der Waals surface area contributed by atoms with E-state index in [1.165, 1.54) is 17.2 Å². The number of hydrogen-bond acceptors (Lipinski definition) is 4. The van der Waals surface area contributed by atoms with Gasteiger partial charge in [0, 0.05) is 31.5 Å². The van der Waals surface area contributed by atoms with Crippen molar-refractivity contribution in [3.05, 3.63) is 71.8 Å². The first kappa shape index (κ1) is 24.0. The summed E-state index contributed by atoms with van der Waals surface area (Å²) >= 11 is 0. The standard InChI is InChI=1S/C26H30N2O5/c29-24(27-16-8-2-1-3-15-25(30)31)14-9-17-28-26(32)33-18-23-21-12-6-4-10-19(21)20-11-5-7-13-22(20)23/h4-7,9-14,23H,1-3,8,15-18H2,(H,27,29)(H,28,32)(H,30,31)/b14-9+. The number of amides is 2. The Balaban J connectivity index is 1.32. The molecule has 2 aromatic rings. The van der Waals surface area contributed by atoms with E-state index in [0.717, 1.165) is 30.4 Å². The number of carbonyl (C=O) groups is 3. The number of carboxylic acids is 1. The molecule has 0 saturated carbocycles. The molecule has 1 aliphatic carbocycles. The van der Waals surface area contributed by atoms with Crippen LogP contribution < -0.4 is 10.6 Å². The van der Waals surface area contributed by atoms with Gasteiger partial charge in [0.15, 0.2) is 0 Å². The maximum atomic E-state index is 12.1. The number of carbonyl (C=O) groups excluding carboxylic acids is 2. The number of nitrogens with one attached hydrogen (secondary N) is 2. The van der Waals surface area contributed by atoms with E-state index in [2.05, 4.69) is 34.9 Å². The minimum absolute atomic E-state index is 0.00796. The topological polar surface area (TPSA) is 105 Å². The van der Waals surface area contributed by atoms with Crippen molar-refractivity contribution in [3.63, 3.8) is 0 Å². The van der Waals surface area contributed by atoms with Crippen LogP contribution >= 0.6 is 0 Å². The average Bonchev–Trinajstić information content (AvgIpc) is 3.13. The lowest BCUT2D eigenvalue weighted by molar-refractivity contribution is -0.137. The summed E-state index contributed by atoms with van der Waals surface area (Å²) in [6, 6.07) is 16.3. The molecule has 2 aromatic carbocycles. The SMILES string of the molecule is O=C(O)CCCCCCNC(=O)/C=C/CNC(=O)OCC1c2ccccc2-c2ccccc21. The van der Waals surface area contributed by atoms with Gasteiger partial charge in [-0.05, 0) is 35.1 Å². The van der Waals surface area contributed by atoms with Gasteiger partial charge in [-0.25, -0.2) is 4.79 Å². The molecule has 0 atom stereocenters. The predicted molar refractivity (Wildman–Crippen MR) is 126 cm³/mol. The number of rotatable bonds is 12. The molecule has 3 rings (SSSR count). The first-order chi connectivity index (χ1) is 16.1. The van der Waals surface area contributed by atoms with Crippen LogP contribution in [0.1, 0.15) is 49.1 Å². The summed E-state index contributed by atoms with van der Waals surface area (Å²) in [7, 11) is 0. The largest absolute Gasteiger partial charge is 0.481 e. The highest BCUT2D eigenvalue weighted by molar-refractivity contribution is 5.87. The molecule has 0 spiro atoms. The van der Waals surface area contributed by atoms with Crippen molar-refractivity contribution in [2.75, 3.05) is 19.7 Å². The molecule has 2 amide bonds. The molecule has 0 bridgehead atoms. The smallest absolute Gasteiger partial charge is 0.407 e. The molecule has 1 aliphatic rings. The van der Waals surface area contributed by atoms with Gasteiger partial charge in [-0.1, -0.05) is 67.4 Å². The molecule has 3 N–H and O–H groups in total. The predicted octanol–water partition coefficient (Wildman–Crippen LogP) is 4.23. The van der Waals surface area contributed by atoms with Gasteiger partial charge >= 0.3 is 12.1 Å². The van der Waals surface area contributed by atoms with E-state index < -0.39 is 12.1 Å². The Labute approximate surface area is 193 Å². The second kappa shape index (κ2) is 12.4. The maximum Gasteiger partial charge on any atom is 0.407 e. The molecule has 7 nitrogen and oxygen atoms in total. The van der Waals surface area contributed by atoms with Crippen LogP contribution in [0.2, 0.25) is 0 Å². The summed E-state index contributed by atoms with van der Waals surface area (Å²) in [6.45, 7) is 0.978. The lowest BCUT2D eigenvalue weighted by Gasteiger charge is -2.14. The van der Waals surface area contributed by atoms with Crippen LogP contribution in [-0.2, 0) is 14.3 Å². The summed E-state index contributed by atoms with van der Waals surface area (Å²) in [5.74, 6) is -0.997. The van der Waals surface area contributed by atoms with Crippen molar-refractivity contribution in [3.8, 4) is 11.1 Å². The van der Waals surface area contributed by atoms with Crippen LogP contribution in [0.3, 0.4) is 0 Å². The first-order valence-electron chi connectivity index (χ1n) is 11.3. The van der Waals surface area contributed by atoms with Crippen molar-refractivity contribution in [2.45, 2.75) is 38.0 Å². The van der Waals surface area contributed by atoms with Crippen molar-refractivity contribution in [2.24, 2.45) is 0 Å². The Morgan fingerprint density at radius 2 is 1.52 bits per heavy atom. The Kier molecular flexibility index (Phi) is 9.06. The normalized spacial score (nSPS) is 12.2. The minimum atomic E-state index is -0.778. The number of unbranched alkanes of at least 4 members (excludes halogenated alkanes) is 3. The molecule has 0 fully saturated rings. The first-order valence-corrected chi connectivity index (χ1v) is 11.3. The highest BCUT2D eigenvalue weighted by Gasteiger charge is 2.28. The van der Waals surface area contributed by atoms with Gasteiger partial charge in [0.1, 0.15) is 6.61 Å². The minimum Gasteiger partial charge on any atom is -0.481 e. The zero-order valence-electron chi connectivity index (χ0n) is 18.6. The summed E-state index contributed by atoms with van der Waals surface area (Å²) in [5, 5.41) is 14.0. The molecule has 0 aromatic heterocycles. The molecular formula is C26H30N2O5. The van der Waals surface area contributed by atoms with Crippen molar-refractivity contribution in [1.82, 2.24) is 10.6 Å². The van der Waals surface area contributed by atoms with Crippen LogP contribution in [-0.4, -0.2) is 42.8 Å². The van der Waals surface area contributed by atoms with E-state index in [4.69, 9.17) is 9.84 Å². The summed E-state index contributed by atoms with van der Waals surface area (Å²) in [6.07, 6.45) is 5.79. The third-order valence-corrected chi connectivity index (χ3v) is 5.59. The van der Waals surface area contributed by atoms with Gasteiger partial charge in [-0.15, -0.1) is 0 Å². The third kappa shape index (κ3) is 7.20. The molecular weight excluding hydrogens is 420 g/mol. The van der Waals surface area contributed by atoms with Gasteiger partial charge in [0.2, 0.25) is 5.91 Å². The van der Waals surface area contributed by atoms with E-state index in [9.17, 15) is 14.4 Å². The van der Waals surface area contributed by atoms with Crippen LogP contribution in [0.4, 0.5) is 4.79 Å². The van der Waals surface area contributed by atoms with Crippen molar-refractivity contribution >= 4 is 18.0 Å². The molecule has 0 unspecified atom stereocenters. The Morgan fingerprint density at radius 1 is 0.879 bits per heavy atom. The Morgan fingerprint density at radius 3 is 2.18 bits per heavy atom. The third-order valence-electron chi connectivity index (χ3n) is 5.59. The van der Waals surface area contributed by atoms with Crippen LogP contribution in [0, 0.1) is 0 Å². The number of hydrogen-bond donors (Lipinski definition) is 3. The quantitative estimate of drug-likeness (QED) is 0.332. The number of alkyl carbamates (subject to hydrolysis) is 1. The molecule has 7 heteroatoms. The van der Waals surface area contributed by atoms with E-state index in [1.807, 2.05) is 24.3 Å². The fourth-order valence-corrected chi connectivity index (χ4v) is 3.98. The van der Waals surface area contributed by atoms with Gasteiger partial charge in [-0.2, -0.15) is 0 Å². The zero-order valence-corrected chi connectivity index (χ0v) is 18.6. The zero-order chi connectivity index (χ0) is 23.5. The second-order valence-corrected chi connectivity index (χ2v) is 7.96. The Hall–Kier alpha value is -3.61. The van der Waals surface area contributed by atoms with Gasteiger partial charge in [0.25, 0.3) is 0 Å². The Bertz CT molecular complexity index is 956. The van der Waals surface area contributed by atoms with E-state index >= 15 is 0 Å². The highest BCUT2D eigenvalue weighted by Crippen LogP contribution is 2.44. The monoisotopic (exact) mass is 450 g/mol. The van der Waals surface area contributed by atoms with E-state index in [0.29, 0.717) is 13.0 Å². The molecule has 0 heterocycles. The van der Waals surface area contributed by atoms with Gasteiger partial charge < -0.3 is 20.5 Å². The number of ether oxygens (including phenoxy) is 1. The summed E-state index contributed by atoms with van der Waals surface area (Å²) in [5.41, 5.74) is 4.67. The molecule has 174 valence electrons. The lowest BCUT2D eigenvalue weighted by Crippen LogP contribution is -2.27. The van der Waals surface area contributed by atoms with Crippen molar-refractivity contribution in [1.29, 1.82) is 0 Å². The average molecular weight is 451 g/mol. The maximum absolute atomic E-state index is 12.1. The van der Waals surface area contributed by atoms with E-state index in [1.54, 1.807) is 6.08 Å². The summed E-state index contributed by atoms with van der Waals surface area (Å²) < 4.78 is 5.45. The second-order valence-electron chi connectivity index (χ2n) is 7.96. The van der Waals surface area contributed by atoms with E-state index in [-0.39, 0.29) is 31.4 Å². The van der Waals surface area contributed by atoms with Crippen molar-refractivity contribution < 1.29 is 24.2 Å². The molecule has 0 radical (unpaired) electrons. The molecule has 0 aliphatic heterocycles. The van der Waals surface area contributed by atoms with Crippen LogP contribution in [0.15, 0.2) is 60.7 Å². The van der Waals surface area contributed by atoms with Gasteiger partial charge in [0.05, 0.1) is 0 Å².